The number of likely N-dealkylation sites (tertiary alicyclic amines) is 1. The largest absolute Gasteiger partial charge is 0.347 e. The van der Waals surface area contributed by atoms with Gasteiger partial charge in [0.25, 0.3) is 0 Å². The van der Waals surface area contributed by atoms with Crippen LogP contribution in [0.5, 0.6) is 0 Å². The molecule has 2 aromatic rings. The Hall–Kier alpha value is -2.20. The fourth-order valence-electron chi connectivity index (χ4n) is 4.41. The average molecular weight is 378 g/mol. The monoisotopic (exact) mass is 377 g/mol. The van der Waals surface area contributed by atoms with Gasteiger partial charge in [0, 0.05) is 25.2 Å². The van der Waals surface area contributed by atoms with Gasteiger partial charge in [0.05, 0.1) is 11.7 Å². The number of aromatic nitrogens is 1. The molecule has 3 atom stereocenters. The highest BCUT2D eigenvalue weighted by Gasteiger charge is 2.35. The highest BCUT2D eigenvalue weighted by molar-refractivity contribution is 5.81. The number of nitrogens with one attached hydrogen (secondary N) is 1. The quantitative estimate of drug-likeness (QED) is 0.788. The summed E-state index contributed by atoms with van der Waals surface area (Å²) >= 11 is 0. The van der Waals surface area contributed by atoms with E-state index in [1.807, 2.05) is 18.3 Å². The first-order valence-corrected chi connectivity index (χ1v) is 10.7. The molecule has 4 heteroatoms. The molecule has 4 rings (SSSR count). The van der Waals surface area contributed by atoms with Crippen molar-refractivity contribution in [3.63, 3.8) is 0 Å². The van der Waals surface area contributed by atoms with Crippen molar-refractivity contribution in [3.8, 4) is 0 Å². The van der Waals surface area contributed by atoms with Gasteiger partial charge in [-0.15, -0.1) is 0 Å². The third kappa shape index (κ3) is 4.79. The second-order valence-corrected chi connectivity index (χ2v) is 8.49. The van der Waals surface area contributed by atoms with E-state index in [-0.39, 0.29) is 17.9 Å². The molecule has 0 radical (unpaired) electrons. The lowest BCUT2D eigenvalue weighted by molar-refractivity contribution is -0.123. The molecule has 0 spiro atoms. The van der Waals surface area contributed by atoms with Crippen LogP contribution in [0, 0.1) is 11.8 Å². The number of hydrogen-bond donors (Lipinski definition) is 1. The zero-order valence-corrected chi connectivity index (χ0v) is 16.8. The molecular formula is C24H31N3O. The van der Waals surface area contributed by atoms with Crippen LogP contribution in [0.15, 0.2) is 54.7 Å². The van der Waals surface area contributed by atoms with Crippen LogP contribution in [0.2, 0.25) is 0 Å². The first-order valence-electron chi connectivity index (χ1n) is 10.7. The van der Waals surface area contributed by atoms with Crippen molar-refractivity contribution < 1.29 is 4.79 Å². The van der Waals surface area contributed by atoms with E-state index in [4.69, 9.17) is 0 Å². The van der Waals surface area contributed by atoms with Gasteiger partial charge in [-0.3, -0.25) is 9.78 Å². The maximum absolute atomic E-state index is 12.5. The van der Waals surface area contributed by atoms with Crippen LogP contribution in [0.1, 0.15) is 55.8 Å². The SMILES string of the molecule is C[C@H](CN1CCC[C@@H]([C@@H](NC(=O)C2CC2)c2ccccn2)C1)c1ccccc1. The molecule has 148 valence electrons. The van der Waals surface area contributed by atoms with Crippen LogP contribution in [-0.2, 0) is 4.79 Å². The van der Waals surface area contributed by atoms with Gasteiger partial charge in [0.2, 0.25) is 5.91 Å². The standard InChI is InChI=1S/C24H31N3O/c1-18(19-8-3-2-4-9-19)16-27-15-7-10-21(17-27)23(22-11-5-6-14-25-22)26-24(28)20-12-13-20/h2-6,8-9,11,14,18,20-21,23H,7,10,12-13,15-17H2,1H3,(H,26,28)/t18-,21-,23-/m1/s1. The molecular weight excluding hydrogens is 346 g/mol. The summed E-state index contributed by atoms with van der Waals surface area (Å²) in [4.78, 5) is 19.7. The number of carbonyl (C=O) groups is 1. The Morgan fingerprint density at radius 3 is 2.64 bits per heavy atom. The van der Waals surface area contributed by atoms with E-state index < -0.39 is 0 Å². The molecule has 1 aromatic heterocycles. The lowest BCUT2D eigenvalue weighted by Crippen LogP contribution is -2.44. The first-order chi connectivity index (χ1) is 13.7. The first kappa shape index (κ1) is 19.1. The maximum Gasteiger partial charge on any atom is 0.223 e. The Morgan fingerprint density at radius 1 is 1.14 bits per heavy atom. The van der Waals surface area contributed by atoms with Gasteiger partial charge in [-0.2, -0.15) is 0 Å². The van der Waals surface area contributed by atoms with E-state index in [1.165, 1.54) is 12.0 Å². The van der Waals surface area contributed by atoms with Crippen LogP contribution in [-0.4, -0.2) is 35.4 Å². The predicted octanol–water partition coefficient (Wildman–Crippen LogP) is 4.16. The van der Waals surface area contributed by atoms with E-state index in [1.54, 1.807) is 0 Å². The minimum absolute atomic E-state index is 0.0177. The number of hydrogen-bond acceptors (Lipinski definition) is 3. The molecule has 0 unspecified atom stereocenters. The number of amides is 1. The van der Waals surface area contributed by atoms with E-state index in [2.05, 4.69) is 58.5 Å². The number of carbonyl (C=O) groups excluding carboxylic acids is 1. The van der Waals surface area contributed by atoms with Gasteiger partial charge >= 0.3 is 0 Å². The molecule has 1 saturated carbocycles. The van der Waals surface area contributed by atoms with Gasteiger partial charge in [0.15, 0.2) is 0 Å². The molecule has 0 bridgehead atoms. The summed E-state index contributed by atoms with van der Waals surface area (Å²) in [7, 11) is 0. The zero-order chi connectivity index (χ0) is 19.3. The molecule has 1 aliphatic carbocycles. The molecule has 28 heavy (non-hydrogen) atoms. The second-order valence-electron chi connectivity index (χ2n) is 8.49. The van der Waals surface area contributed by atoms with Crippen LogP contribution in [0.25, 0.3) is 0 Å². The predicted molar refractivity (Wildman–Crippen MR) is 112 cm³/mol. The number of piperidine rings is 1. The Labute approximate surface area is 168 Å². The Balaban J connectivity index is 1.44. The highest BCUT2D eigenvalue weighted by atomic mass is 16.2. The highest BCUT2D eigenvalue weighted by Crippen LogP contribution is 2.33. The molecule has 1 amide bonds. The minimum Gasteiger partial charge on any atom is -0.347 e. The van der Waals surface area contributed by atoms with Crippen molar-refractivity contribution >= 4 is 5.91 Å². The molecule has 1 saturated heterocycles. The summed E-state index contributed by atoms with van der Waals surface area (Å²) in [6.45, 7) is 5.53. The van der Waals surface area contributed by atoms with E-state index in [0.29, 0.717) is 11.8 Å². The number of nitrogens with zero attached hydrogens (tertiary/aromatic N) is 2. The third-order valence-corrected chi connectivity index (χ3v) is 6.17. The summed E-state index contributed by atoms with van der Waals surface area (Å²) in [5.41, 5.74) is 2.40. The van der Waals surface area contributed by atoms with Crippen LogP contribution in [0.3, 0.4) is 0 Å². The normalized spacial score (nSPS) is 22.4. The van der Waals surface area contributed by atoms with Gasteiger partial charge in [0.1, 0.15) is 0 Å². The average Bonchev–Trinajstić information content (AvgIpc) is 3.59. The molecule has 4 nitrogen and oxygen atoms in total. The maximum atomic E-state index is 12.5. The van der Waals surface area contributed by atoms with Gasteiger partial charge in [-0.25, -0.2) is 0 Å². The summed E-state index contributed by atoms with van der Waals surface area (Å²) in [6.07, 6.45) is 6.22. The van der Waals surface area contributed by atoms with Crippen LogP contribution in [0.4, 0.5) is 0 Å². The molecule has 2 fully saturated rings. The van der Waals surface area contributed by atoms with Crippen molar-refractivity contribution in [3.05, 3.63) is 66.0 Å². The molecule has 2 heterocycles. The fourth-order valence-corrected chi connectivity index (χ4v) is 4.41. The van der Waals surface area contributed by atoms with Crippen molar-refractivity contribution in [2.24, 2.45) is 11.8 Å². The Morgan fingerprint density at radius 2 is 1.93 bits per heavy atom. The number of benzene rings is 1. The third-order valence-electron chi connectivity index (χ3n) is 6.17. The summed E-state index contributed by atoms with van der Waals surface area (Å²) in [5, 5.41) is 3.34. The van der Waals surface area contributed by atoms with Crippen molar-refractivity contribution in [2.75, 3.05) is 19.6 Å². The summed E-state index contributed by atoms with van der Waals surface area (Å²) in [6, 6.07) is 16.8. The molecule has 2 aliphatic rings. The van der Waals surface area contributed by atoms with E-state index >= 15 is 0 Å². The molecule has 1 N–H and O–H groups in total. The molecule has 1 aromatic carbocycles. The summed E-state index contributed by atoms with van der Waals surface area (Å²) in [5.74, 6) is 1.36. The van der Waals surface area contributed by atoms with Crippen LogP contribution < -0.4 is 5.32 Å². The topological polar surface area (TPSA) is 45.2 Å². The fraction of sp³-hybridized carbons (Fsp3) is 0.500. The lowest BCUT2D eigenvalue weighted by atomic mass is 9.87. The second kappa shape index (κ2) is 8.87. The van der Waals surface area contributed by atoms with Gasteiger partial charge < -0.3 is 10.2 Å². The van der Waals surface area contributed by atoms with Crippen molar-refractivity contribution in [1.82, 2.24) is 15.2 Å². The minimum atomic E-state index is 0.0177. The Bertz CT molecular complexity index is 760. The smallest absolute Gasteiger partial charge is 0.223 e. The van der Waals surface area contributed by atoms with Crippen LogP contribution >= 0.6 is 0 Å². The zero-order valence-electron chi connectivity index (χ0n) is 16.8. The number of rotatable bonds is 7. The summed E-state index contributed by atoms with van der Waals surface area (Å²) < 4.78 is 0. The van der Waals surface area contributed by atoms with Crippen molar-refractivity contribution in [1.29, 1.82) is 0 Å². The molecule has 1 aliphatic heterocycles. The van der Waals surface area contributed by atoms with Crippen molar-refractivity contribution in [2.45, 2.75) is 44.6 Å². The lowest BCUT2D eigenvalue weighted by Gasteiger charge is -2.38. The number of pyridine rings is 1. The van der Waals surface area contributed by atoms with Gasteiger partial charge in [-0.05, 0) is 61.8 Å². The van der Waals surface area contributed by atoms with Gasteiger partial charge in [-0.1, -0.05) is 43.3 Å². The Kier molecular flexibility index (Phi) is 6.06. The van der Waals surface area contributed by atoms with E-state index in [0.717, 1.165) is 44.6 Å². The van der Waals surface area contributed by atoms with E-state index in [9.17, 15) is 4.79 Å².